The molecule has 5 aliphatic rings. The highest BCUT2D eigenvalue weighted by molar-refractivity contribution is 5.07. The molecule has 0 aromatic carbocycles. The first kappa shape index (κ1) is 10.8. The summed E-state index contributed by atoms with van der Waals surface area (Å²) >= 11 is 0. The van der Waals surface area contributed by atoms with E-state index in [9.17, 15) is 0 Å². The summed E-state index contributed by atoms with van der Waals surface area (Å²) in [5, 5.41) is 3.52. The van der Waals surface area contributed by atoms with Crippen LogP contribution in [0.3, 0.4) is 0 Å². The van der Waals surface area contributed by atoms with Crippen LogP contribution in [0.2, 0.25) is 0 Å². The van der Waals surface area contributed by atoms with Crippen molar-refractivity contribution in [1.82, 2.24) is 5.32 Å². The molecule has 96 valence electrons. The van der Waals surface area contributed by atoms with Crippen molar-refractivity contribution in [2.24, 2.45) is 35.0 Å². The van der Waals surface area contributed by atoms with Gasteiger partial charge >= 0.3 is 0 Å². The fraction of sp³-hybridized carbons (Fsp3) is 1.00. The normalized spacial score (nSPS) is 50.3. The van der Waals surface area contributed by atoms with Gasteiger partial charge < -0.3 is 5.32 Å². The zero-order valence-corrected chi connectivity index (χ0v) is 11.3. The van der Waals surface area contributed by atoms with Crippen molar-refractivity contribution >= 4 is 0 Å². The summed E-state index contributed by atoms with van der Waals surface area (Å²) in [5.41, 5.74) is 0.733. The second kappa shape index (κ2) is 3.73. The van der Waals surface area contributed by atoms with Crippen molar-refractivity contribution in [3.05, 3.63) is 0 Å². The standard InChI is InChI=1S/C16H27N/c1-17-10-16(3-2-4-16)15-13-6-11-5-12(8-13)9-14(15)7-11/h11-15,17H,2-10H2,1H3. The van der Waals surface area contributed by atoms with Crippen molar-refractivity contribution in [2.45, 2.75) is 51.4 Å². The fourth-order valence-electron chi connectivity index (χ4n) is 6.54. The molecule has 0 spiro atoms. The monoisotopic (exact) mass is 233 g/mol. The Kier molecular flexibility index (Phi) is 2.38. The van der Waals surface area contributed by atoms with Crippen LogP contribution in [-0.2, 0) is 0 Å². The second-order valence-corrected chi connectivity index (χ2v) is 7.70. The summed E-state index contributed by atoms with van der Waals surface area (Å²) < 4.78 is 0. The molecule has 0 aliphatic heterocycles. The Balaban J connectivity index is 1.61. The molecule has 1 N–H and O–H groups in total. The van der Waals surface area contributed by atoms with Crippen LogP contribution in [0.25, 0.3) is 0 Å². The van der Waals surface area contributed by atoms with E-state index < -0.39 is 0 Å². The highest BCUT2D eigenvalue weighted by Crippen LogP contribution is 2.64. The van der Waals surface area contributed by atoms with E-state index in [0.717, 1.165) is 35.0 Å². The Morgan fingerprint density at radius 2 is 1.53 bits per heavy atom. The van der Waals surface area contributed by atoms with Gasteiger partial charge in [-0.25, -0.2) is 0 Å². The molecule has 5 rings (SSSR count). The molecule has 0 aromatic heterocycles. The molecule has 0 aromatic rings. The minimum atomic E-state index is 0.733. The summed E-state index contributed by atoms with van der Waals surface area (Å²) in [4.78, 5) is 0. The van der Waals surface area contributed by atoms with Gasteiger partial charge in [-0.1, -0.05) is 6.42 Å². The Morgan fingerprint density at radius 1 is 0.941 bits per heavy atom. The van der Waals surface area contributed by atoms with E-state index in [1.54, 1.807) is 32.1 Å². The zero-order chi connectivity index (χ0) is 11.5. The Hall–Kier alpha value is -0.0400. The van der Waals surface area contributed by atoms with Crippen LogP contribution < -0.4 is 5.32 Å². The number of hydrogen-bond donors (Lipinski definition) is 1. The van der Waals surface area contributed by atoms with Gasteiger partial charge in [0, 0.05) is 6.54 Å². The summed E-state index contributed by atoms with van der Waals surface area (Å²) in [6.07, 6.45) is 12.6. The Bertz CT molecular complexity index is 277. The molecular formula is C16H27N. The first-order chi connectivity index (χ1) is 8.31. The molecule has 1 nitrogen and oxygen atoms in total. The average molecular weight is 233 g/mol. The number of rotatable bonds is 3. The molecule has 5 fully saturated rings. The first-order valence-electron chi connectivity index (χ1n) is 7.95. The molecular weight excluding hydrogens is 206 g/mol. The van der Waals surface area contributed by atoms with Crippen molar-refractivity contribution in [3.8, 4) is 0 Å². The molecule has 0 amide bonds. The smallest absolute Gasteiger partial charge is 0.000767 e. The topological polar surface area (TPSA) is 12.0 Å². The number of nitrogens with one attached hydrogen (secondary N) is 1. The molecule has 17 heavy (non-hydrogen) atoms. The molecule has 0 unspecified atom stereocenters. The minimum Gasteiger partial charge on any atom is -0.319 e. The zero-order valence-electron chi connectivity index (χ0n) is 11.3. The van der Waals surface area contributed by atoms with Gasteiger partial charge in [0.1, 0.15) is 0 Å². The summed E-state index contributed by atoms with van der Waals surface area (Å²) in [6.45, 7) is 1.31. The maximum absolute atomic E-state index is 3.52. The van der Waals surface area contributed by atoms with E-state index >= 15 is 0 Å². The molecule has 5 aliphatic carbocycles. The molecule has 4 bridgehead atoms. The largest absolute Gasteiger partial charge is 0.319 e. The maximum atomic E-state index is 3.52. The van der Waals surface area contributed by atoms with E-state index in [4.69, 9.17) is 0 Å². The quantitative estimate of drug-likeness (QED) is 0.787. The lowest BCUT2D eigenvalue weighted by molar-refractivity contribution is -0.123. The molecule has 5 saturated carbocycles. The van der Waals surface area contributed by atoms with E-state index in [0.29, 0.717) is 0 Å². The lowest BCUT2D eigenvalue weighted by Crippen LogP contribution is -2.56. The third-order valence-electron chi connectivity index (χ3n) is 6.81. The third-order valence-corrected chi connectivity index (χ3v) is 6.81. The van der Waals surface area contributed by atoms with E-state index in [2.05, 4.69) is 12.4 Å². The van der Waals surface area contributed by atoms with Crippen molar-refractivity contribution < 1.29 is 0 Å². The van der Waals surface area contributed by atoms with Crippen molar-refractivity contribution in [3.63, 3.8) is 0 Å². The van der Waals surface area contributed by atoms with Crippen LogP contribution in [0, 0.1) is 35.0 Å². The summed E-state index contributed by atoms with van der Waals surface area (Å²) in [5.74, 6) is 5.64. The average Bonchev–Trinajstić information content (AvgIpc) is 2.23. The van der Waals surface area contributed by atoms with Crippen molar-refractivity contribution in [1.29, 1.82) is 0 Å². The lowest BCUT2D eigenvalue weighted by atomic mass is 9.43. The molecule has 0 atom stereocenters. The summed E-state index contributed by atoms with van der Waals surface area (Å²) in [6, 6.07) is 0. The van der Waals surface area contributed by atoms with Crippen LogP contribution in [0.1, 0.15) is 51.4 Å². The highest BCUT2D eigenvalue weighted by atomic mass is 14.8. The summed E-state index contributed by atoms with van der Waals surface area (Å²) in [7, 11) is 2.16. The van der Waals surface area contributed by atoms with Crippen LogP contribution in [0.15, 0.2) is 0 Å². The third kappa shape index (κ3) is 1.47. The second-order valence-electron chi connectivity index (χ2n) is 7.70. The minimum absolute atomic E-state index is 0.733. The SMILES string of the molecule is CNCC1(C2C3CC4CC(C3)CC2C4)CCC1. The van der Waals surface area contributed by atoms with E-state index in [1.807, 2.05) is 0 Å². The lowest BCUT2D eigenvalue weighted by Gasteiger charge is -2.62. The molecule has 0 radical (unpaired) electrons. The van der Waals surface area contributed by atoms with Crippen LogP contribution in [-0.4, -0.2) is 13.6 Å². The number of hydrogen-bond acceptors (Lipinski definition) is 1. The van der Waals surface area contributed by atoms with Gasteiger partial charge in [0.15, 0.2) is 0 Å². The van der Waals surface area contributed by atoms with Gasteiger partial charge in [0.05, 0.1) is 0 Å². The Morgan fingerprint density at radius 3 is 1.94 bits per heavy atom. The van der Waals surface area contributed by atoms with E-state index in [-0.39, 0.29) is 0 Å². The fourth-order valence-corrected chi connectivity index (χ4v) is 6.54. The van der Waals surface area contributed by atoms with E-state index in [1.165, 1.54) is 25.8 Å². The van der Waals surface area contributed by atoms with Gasteiger partial charge in [-0.15, -0.1) is 0 Å². The van der Waals surface area contributed by atoms with Crippen LogP contribution in [0.4, 0.5) is 0 Å². The van der Waals surface area contributed by atoms with Gasteiger partial charge in [0.25, 0.3) is 0 Å². The Labute approximate surface area is 106 Å². The van der Waals surface area contributed by atoms with Gasteiger partial charge in [-0.3, -0.25) is 0 Å². The van der Waals surface area contributed by atoms with Crippen LogP contribution >= 0.6 is 0 Å². The van der Waals surface area contributed by atoms with Gasteiger partial charge in [-0.2, -0.15) is 0 Å². The predicted octanol–water partition coefficient (Wildman–Crippen LogP) is 3.45. The van der Waals surface area contributed by atoms with Crippen molar-refractivity contribution in [2.75, 3.05) is 13.6 Å². The van der Waals surface area contributed by atoms with Crippen LogP contribution in [0.5, 0.6) is 0 Å². The molecule has 0 heterocycles. The van der Waals surface area contributed by atoms with Gasteiger partial charge in [0.2, 0.25) is 0 Å². The predicted molar refractivity (Wildman–Crippen MR) is 70.7 cm³/mol. The van der Waals surface area contributed by atoms with Gasteiger partial charge in [-0.05, 0) is 87.0 Å². The molecule has 1 heteroatoms. The first-order valence-corrected chi connectivity index (χ1v) is 7.95. The maximum Gasteiger partial charge on any atom is 0.000767 e. The highest BCUT2D eigenvalue weighted by Gasteiger charge is 2.56. The molecule has 0 saturated heterocycles.